The first kappa shape index (κ1) is 10.9. The molecule has 1 nitrogen and oxygen atoms in total. The second kappa shape index (κ2) is 3.91. The van der Waals surface area contributed by atoms with Crippen LogP contribution in [0.4, 0.5) is 8.78 Å². The highest BCUT2D eigenvalue weighted by atomic mass is 19.3. The molecule has 3 atom stereocenters. The minimum atomic E-state index is -2.25. The van der Waals surface area contributed by atoms with Crippen LogP contribution in [0.3, 0.4) is 0 Å². The van der Waals surface area contributed by atoms with E-state index in [0.29, 0.717) is 12.3 Å². The fraction of sp³-hybridized carbons (Fsp3) is 1.00. The van der Waals surface area contributed by atoms with Gasteiger partial charge in [-0.05, 0) is 31.7 Å². The van der Waals surface area contributed by atoms with E-state index in [1.165, 1.54) is 0 Å². The van der Waals surface area contributed by atoms with E-state index in [0.717, 1.165) is 12.8 Å². The Bertz CT molecular complexity index is 172. The molecule has 1 aliphatic carbocycles. The molecule has 1 rings (SSSR count). The summed E-state index contributed by atoms with van der Waals surface area (Å²) in [7, 11) is 1.65. The van der Waals surface area contributed by atoms with Crippen LogP contribution in [0, 0.1) is 11.8 Å². The van der Waals surface area contributed by atoms with Gasteiger partial charge in [-0.1, -0.05) is 20.3 Å². The van der Waals surface area contributed by atoms with Gasteiger partial charge in [0.1, 0.15) is 0 Å². The smallest absolute Gasteiger partial charge is 0.256 e. The first-order valence-corrected chi connectivity index (χ1v) is 5.00. The summed E-state index contributed by atoms with van der Waals surface area (Å²) in [6, 6.07) is 0. The molecular formula is C10H19F2N. The Morgan fingerprint density at radius 3 is 2.31 bits per heavy atom. The monoisotopic (exact) mass is 191 g/mol. The Kier molecular flexibility index (Phi) is 3.28. The first-order valence-electron chi connectivity index (χ1n) is 5.00. The molecule has 0 aromatic heterocycles. The van der Waals surface area contributed by atoms with Gasteiger partial charge in [-0.2, -0.15) is 0 Å². The average Bonchev–Trinajstić information content (AvgIpc) is 2.09. The van der Waals surface area contributed by atoms with Gasteiger partial charge in [0.2, 0.25) is 0 Å². The van der Waals surface area contributed by atoms with Gasteiger partial charge in [0, 0.05) is 0 Å². The number of rotatable bonds is 2. The normalized spacial score (nSPS) is 41.1. The molecule has 0 radical (unpaired) electrons. The molecule has 78 valence electrons. The van der Waals surface area contributed by atoms with Crippen LogP contribution in [-0.2, 0) is 0 Å². The molecule has 0 aromatic rings. The summed E-state index contributed by atoms with van der Waals surface area (Å²) >= 11 is 0. The summed E-state index contributed by atoms with van der Waals surface area (Å²) in [6.45, 7) is 3.98. The molecule has 0 saturated heterocycles. The molecule has 1 aliphatic rings. The van der Waals surface area contributed by atoms with Gasteiger partial charge in [-0.3, -0.25) is 0 Å². The number of alkyl halides is 2. The van der Waals surface area contributed by atoms with Crippen molar-refractivity contribution in [3.8, 4) is 0 Å². The van der Waals surface area contributed by atoms with Crippen LogP contribution in [0.2, 0.25) is 0 Å². The molecule has 3 heteroatoms. The van der Waals surface area contributed by atoms with Crippen LogP contribution in [0.5, 0.6) is 0 Å². The third kappa shape index (κ3) is 1.85. The van der Waals surface area contributed by atoms with Crippen molar-refractivity contribution in [1.82, 2.24) is 5.32 Å². The van der Waals surface area contributed by atoms with E-state index < -0.39 is 12.0 Å². The molecular weight excluding hydrogens is 172 g/mol. The lowest BCUT2D eigenvalue weighted by atomic mass is 9.70. The molecule has 0 aliphatic heterocycles. The zero-order valence-corrected chi connectivity index (χ0v) is 8.61. The van der Waals surface area contributed by atoms with Gasteiger partial charge >= 0.3 is 0 Å². The van der Waals surface area contributed by atoms with Crippen LogP contribution < -0.4 is 5.32 Å². The Morgan fingerprint density at radius 2 is 1.92 bits per heavy atom. The average molecular weight is 191 g/mol. The van der Waals surface area contributed by atoms with E-state index in [9.17, 15) is 8.78 Å². The highest BCUT2D eigenvalue weighted by Crippen LogP contribution is 2.40. The largest absolute Gasteiger partial charge is 0.309 e. The van der Waals surface area contributed by atoms with Crippen molar-refractivity contribution in [3.05, 3.63) is 0 Å². The third-order valence-electron chi connectivity index (χ3n) is 3.51. The van der Waals surface area contributed by atoms with Crippen molar-refractivity contribution in [3.63, 3.8) is 0 Å². The zero-order valence-electron chi connectivity index (χ0n) is 8.61. The second-order valence-corrected chi connectivity index (χ2v) is 4.38. The van der Waals surface area contributed by atoms with Crippen LogP contribution in [-0.4, -0.2) is 19.0 Å². The van der Waals surface area contributed by atoms with Gasteiger partial charge in [0.05, 0.1) is 5.54 Å². The van der Waals surface area contributed by atoms with Crippen molar-refractivity contribution in [1.29, 1.82) is 0 Å². The molecule has 0 heterocycles. The number of nitrogens with one attached hydrogen (secondary N) is 1. The summed E-state index contributed by atoms with van der Waals surface area (Å²) in [5.74, 6) is 0.492. The van der Waals surface area contributed by atoms with Crippen molar-refractivity contribution in [2.45, 2.75) is 45.1 Å². The summed E-state index contributed by atoms with van der Waals surface area (Å²) in [5.41, 5.74) is -0.933. The predicted octanol–water partition coefficient (Wildman–Crippen LogP) is 2.67. The summed E-state index contributed by atoms with van der Waals surface area (Å²) in [4.78, 5) is 0. The topological polar surface area (TPSA) is 12.0 Å². The molecule has 3 unspecified atom stereocenters. The Balaban J connectivity index is 2.80. The van der Waals surface area contributed by atoms with Crippen molar-refractivity contribution < 1.29 is 8.78 Å². The SMILES string of the molecule is CNC1(C(F)F)CC(C)CCC1C. The number of hydrogen-bond acceptors (Lipinski definition) is 1. The maximum Gasteiger partial charge on any atom is 0.256 e. The van der Waals surface area contributed by atoms with Crippen LogP contribution in [0.25, 0.3) is 0 Å². The number of hydrogen-bond donors (Lipinski definition) is 1. The fourth-order valence-corrected chi connectivity index (χ4v) is 2.43. The van der Waals surface area contributed by atoms with Crippen LogP contribution >= 0.6 is 0 Å². The molecule has 1 N–H and O–H groups in total. The zero-order chi connectivity index (χ0) is 10.1. The van der Waals surface area contributed by atoms with Gasteiger partial charge in [0.15, 0.2) is 0 Å². The lowest BCUT2D eigenvalue weighted by molar-refractivity contribution is -0.0320. The Labute approximate surface area is 78.9 Å². The van der Waals surface area contributed by atoms with Gasteiger partial charge < -0.3 is 5.32 Å². The highest BCUT2D eigenvalue weighted by Gasteiger charge is 2.46. The highest BCUT2D eigenvalue weighted by molar-refractivity contribution is 4.98. The third-order valence-corrected chi connectivity index (χ3v) is 3.51. The summed E-state index contributed by atoms with van der Waals surface area (Å²) in [5, 5.41) is 2.85. The molecule has 0 spiro atoms. The van der Waals surface area contributed by atoms with Gasteiger partial charge in [0.25, 0.3) is 6.43 Å². The molecule has 13 heavy (non-hydrogen) atoms. The van der Waals surface area contributed by atoms with Crippen molar-refractivity contribution in [2.75, 3.05) is 7.05 Å². The van der Waals surface area contributed by atoms with Crippen LogP contribution in [0.1, 0.15) is 33.1 Å². The summed E-state index contributed by atoms with van der Waals surface area (Å²) in [6.07, 6.45) is 0.335. The van der Waals surface area contributed by atoms with Crippen LogP contribution in [0.15, 0.2) is 0 Å². The van der Waals surface area contributed by atoms with E-state index in [4.69, 9.17) is 0 Å². The molecule has 0 aromatic carbocycles. The maximum atomic E-state index is 12.9. The summed E-state index contributed by atoms with van der Waals surface area (Å²) < 4.78 is 25.9. The van der Waals surface area contributed by atoms with Crippen molar-refractivity contribution >= 4 is 0 Å². The Morgan fingerprint density at radius 1 is 1.31 bits per heavy atom. The van der Waals surface area contributed by atoms with Crippen molar-refractivity contribution in [2.24, 2.45) is 11.8 Å². The maximum absolute atomic E-state index is 12.9. The molecule has 0 amide bonds. The fourth-order valence-electron chi connectivity index (χ4n) is 2.43. The van der Waals surface area contributed by atoms with E-state index in [1.807, 2.05) is 6.92 Å². The standard InChI is InChI=1S/C10H19F2N/c1-7-4-5-8(2)10(6-7,13-3)9(11)12/h7-9,13H,4-6H2,1-3H3. The lowest BCUT2D eigenvalue weighted by Gasteiger charge is -2.44. The van der Waals surface area contributed by atoms with E-state index in [2.05, 4.69) is 12.2 Å². The first-order chi connectivity index (χ1) is 6.03. The van der Waals surface area contributed by atoms with E-state index in [-0.39, 0.29) is 5.92 Å². The minimum Gasteiger partial charge on any atom is -0.309 e. The molecule has 1 saturated carbocycles. The number of halogens is 2. The van der Waals surface area contributed by atoms with E-state index in [1.54, 1.807) is 7.05 Å². The van der Waals surface area contributed by atoms with Gasteiger partial charge in [-0.25, -0.2) is 8.78 Å². The molecule has 0 bridgehead atoms. The quantitative estimate of drug-likeness (QED) is 0.707. The van der Waals surface area contributed by atoms with Gasteiger partial charge in [-0.15, -0.1) is 0 Å². The van der Waals surface area contributed by atoms with E-state index >= 15 is 0 Å². The minimum absolute atomic E-state index is 0.0775. The Hall–Kier alpha value is -0.180. The second-order valence-electron chi connectivity index (χ2n) is 4.38. The molecule has 1 fully saturated rings. The predicted molar refractivity (Wildman–Crippen MR) is 50.0 cm³/mol. The lowest BCUT2D eigenvalue weighted by Crippen LogP contribution is -2.57.